The van der Waals surface area contributed by atoms with E-state index in [0.717, 1.165) is 24.9 Å². The Hall–Kier alpha value is -0.910. The topological polar surface area (TPSA) is 58.2 Å². The fourth-order valence-corrected chi connectivity index (χ4v) is 3.66. The first-order valence-electron chi connectivity index (χ1n) is 7.11. The second kappa shape index (κ2) is 5.84. The Bertz CT molecular complexity index is 550. The standard InChI is InChI=1S/C15H24N2O2S/c1-12-5-7-13(8-6-12)20(18,19)17-11-14-15(2,3)9-4-10-16-14/h5-8,14,16-17H,4,9-11H2,1-3H3. The molecule has 112 valence electrons. The molecule has 1 aromatic rings. The van der Waals surface area contributed by atoms with Crippen LogP contribution in [0.4, 0.5) is 0 Å². The lowest BCUT2D eigenvalue weighted by atomic mass is 9.78. The van der Waals surface area contributed by atoms with Crippen LogP contribution in [0.5, 0.6) is 0 Å². The molecule has 0 saturated carbocycles. The molecular weight excluding hydrogens is 272 g/mol. The maximum atomic E-state index is 12.3. The van der Waals surface area contributed by atoms with Gasteiger partial charge in [0.05, 0.1) is 4.90 Å². The van der Waals surface area contributed by atoms with Gasteiger partial charge in [-0.15, -0.1) is 0 Å². The molecule has 20 heavy (non-hydrogen) atoms. The van der Waals surface area contributed by atoms with E-state index in [-0.39, 0.29) is 11.5 Å². The van der Waals surface area contributed by atoms with Crippen molar-refractivity contribution in [3.05, 3.63) is 29.8 Å². The molecule has 1 saturated heterocycles. The number of benzene rings is 1. The van der Waals surface area contributed by atoms with Crippen LogP contribution in [0, 0.1) is 12.3 Å². The molecule has 0 amide bonds. The van der Waals surface area contributed by atoms with Crippen LogP contribution in [0.2, 0.25) is 0 Å². The van der Waals surface area contributed by atoms with Crippen molar-refractivity contribution in [2.75, 3.05) is 13.1 Å². The average molecular weight is 296 g/mol. The zero-order valence-corrected chi connectivity index (χ0v) is 13.3. The molecule has 1 aromatic carbocycles. The molecule has 1 unspecified atom stereocenters. The summed E-state index contributed by atoms with van der Waals surface area (Å²) < 4.78 is 27.2. The van der Waals surface area contributed by atoms with E-state index in [2.05, 4.69) is 23.9 Å². The van der Waals surface area contributed by atoms with Crippen LogP contribution in [0.3, 0.4) is 0 Å². The highest BCUT2D eigenvalue weighted by atomic mass is 32.2. The summed E-state index contributed by atoms with van der Waals surface area (Å²) in [5, 5.41) is 3.42. The number of sulfonamides is 1. The molecule has 1 heterocycles. The van der Waals surface area contributed by atoms with Crippen molar-refractivity contribution in [2.24, 2.45) is 5.41 Å². The highest BCUT2D eigenvalue weighted by Crippen LogP contribution is 2.29. The lowest BCUT2D eigenvalue weighted by molar-refractivity contribution is 0.181. The molecule has 0 radical (unpaired) electrons. The van der Waals surface area contributed by atoms with Gasteiger partial charge in [0.1, 0.15) is 0 Å². The first kappa shape index (κ1) is 15.5. The Morgan fingerprint density at radius 1 is 1.30 bits per heavy atom. The van der Waals surface area contributed by atoms with E-state index in [0.29, 0.717) is 11.4 Å². The predicted molar refractivity (Wildman–Crippen MR) is 81.2 cm³/mol. The van der Waals surface area contributed by atoms with Crippen molar-refractivity contribution in [1.29, 1.82) is 0 Å². The zero-order valence-electron chi connectivity index (χ0n) is 12.4. The molecule has 1 atom stereocenters. The van der Waals surface area contributed by atoms with Gasteiger partial charge in [-0.2, -0.15) is 0 Å². The van der Waals surface area contributed by atoms with E-state index < -0.39 is 10.0 Å². The van der Waals surface area contributed by atoms with Crippen molar-refractivity contribution in [1.82, 2.24) is 10.0 Å². The van der Waals surface area contributed by atoms with Gasteiger partial charge in [0.25, 0.3) is 0 Å². The first-order valence-corrected chi connectivity index (χ1v) is 8.59. The smallest absolute Gasteiger partial charge is 0.240 e. The molecule has 1 aliphatic heterocycles. The highest BCUT2D eigenvalue weighted by Gasteiger charge is 2.32. The maximum absolute atomic E-state index is 12.3. The minimum atomic E-state index is -3.42. The Morgan fingerprint density at radius 2 is 1.95 bits per heavy atom. The van der Waals surface area contributed by atoms with E-state index in [1.807, 2.05) is 19.1 Å². The van der Waals surface area contributed by atoms with E-state index in [9.17, 15) is 8.42 Å². The SMILES string of the molecule is Cc1ccc(S(=O)(=O)NCC2NCCCC2(C)C)cc1. The normalized spacial score (nSPS) is 22.6. The Kier molecular flexibility index (Phi) is 4.52. The minimum Gasteiger partial charge on any atom is -0.312 e. The van der Waals surface area contributed by atoms with Gasteiger partial charge >= 0.3 is 0 Å². The predicted octanol–water partition coefficient (Wildman–Crippen LogP) is 2.05. The third kappa shape index (κ3) is 3.59. The minimum absolute atomic E-state index is 0.119. The van der Waals surface area contributed by atoms with E-state index in [4.69, 9.17) is 0 Å². The van der Waals surface area contributed by atoms with E-state index >= 15 is 0 Å². The van der Waals surface area contributed by atoms with Crippen LogP contribution < -0.4 is 10.0 Å². The van der Waals surface area contributed by atoms with Crippen LogP contribution in [0.1, 0.15) is 32.3 Å². The molecule has 4 nitrogen and oxygen atoms in total. The average Bonchev–Trinajstić information content (AvgIpc) is 2.37. The highest BCUT2D eigenvalue weighted by molar-refractivity contribution is 7.89. The second-order valence-electron chi connectivity index (χ2n) is 6.26. The second-order valence-corrected chi connectivity index (χ2v) is 8.03. The Labute approximate surface area is 122 Å². The molecule has 2 rings (SSSR count). The number of nitrogens with one attached hydrogen (secondary N) is 2. The van der Waals surface area contributed by atoms with Crippen molar-refractivity contribution >= 4 is 10.0 Å². The van der Waals surface area contributed by atoms with Crippen molar-refractivity contribution in [3.8, 4) is 0 Å². The van der Waals surface area contributed by atoms with Crippen LogP contribution in [0.25, 0.3) is 0 Å². The fourth-order valence-electron chi connectivity index (χ4n) is 2.61. The van der Waals surface area contributed by atoms with Gasteiger partial charge in [-0.3, -0.25) is 0 Å². The van der Waals surface area contributed by atoms with E-state index in [1.54, 1.807) is 12.1 Å². The van der Waals surface area contributed by atoms with Gasteiger partial charge in [-0.05, 0) is 43.9 Å². The van der Waals surface area contributed by atoms with Gasteiger partial charge in [-0.25, -0.2) is 13.1 Å². The van der Waals surface area contributed by atoms with Gasteiger partial charge in [0, 0.05) is 12.6 Å². The first-order chi connectivity index (χ1) is 9.31. The van der Waals surface area contributed by atoms with Crippen LogP contribution in [-0.2, 0) is 10.0 Å². The molecule has 1 aliphatic rings. The molecule has 2 N–H and O–H groups in total. The summed E-state index contributed by atoms with van der Waals surface area (Å²) in [6.07, 6.45) is 2.27. The number of rotatable bonds is 4. The summed E-state index contributed by atoms with van der Waals surface area (Å²) >= 11 is 0. The maximum Gasteiger partial charge on any atom is 0.240 e. The molecule has 0 aromatic heterocycles. The molecule has 1 fully saturated rings. The fraction of sp³-hybridized carbons (Fsp3) is 0.600. The van der Waals surface area contributed by atoms with Crippen molar-refractivity contribution in [2.45, 2.75) is 44.6 Å². The van der Waals surface area contributed by atoms with Gasteiger partial charge < -0.3 is 5.32 Å². The third-order valence-electron chi connectivity index (χ3n) is 4.14. The summed E-state index contributed by atoms with van der Waals surface area (Å²) in [5.74, 6) is 0. The van der Waals surface area contributed by atoms with Gasteiger partial charge in [-0.1, -0.05) is 31.5 Å². The van der Waals surface area contributed by atoms with Crippen LogP contribution >= 0.6 is 0 Å². The van der Waals surface area contributed by atoms with Crippen molar-refractivity contribution < 1.29 is 8.42 Å². The monoisotopic (exact) mass is 296 g/mol. The summed E-state index contributed by atoms with van der Waals surface area (Å²) in [5.41, 5.74) is 1.17. The lowest BCUT2D eigenvalue weighted by Gasteiger charge is -2.39. The lowest BCUT2D eigenvalue weighted by Crippen LogP contribution is -2.52. The summed E-state index contributed by atoms with van der Waals surface area (Å²) in [6, 6.07) is 7.11. The molecule has 0 spiro atoms. The number of aryl methyl sites for hydroxylation is 1. The summed E-state index contributed by atoms with van der Waals surface area (Å²) in [7, 11) is -3.42. The van der Waals surface area contributed by atoms with Crippen molar-refractivity contribution in [3.63, 3.8) is 0 Å². The van der Waals surface area contributed by atoms with Gasteiger partial charge in [0.2, 0.25) is 10.0 Å². The van der Waals surface area contributed by atoms with E-state index in [1.165, 1.54) is 0 Å². The third-order valence-corrected chi connectivity index (χ3v) is 5.58. The number of piperidine rings is 1. The number of hydrogen-bond donors (Lipinski definition) is 2. The Morgan fingerprint density at radius 3 is 2.55 bits per heavy atom. The number of hydrogen-bond acceptors (Lipinski definition) is 3. The quantitative estimate of drug-likeness (QED) is 0.894. The summed E-state index contributed by atoms with van der Waals surface area (Å²) in [4.78, 5) is 0.330. The Balaban J connectivity index is 2.04. The molecular formula is C15H24N2O2S. The zero-order chi connectivity index (χ0) is 14.8. The molecule has 0 bridgehead atoms. The molecule has 0 aliphatic carbocycles. The molecule has 5 heteroatoms. The summed E-state index contributed by atoms with van der Waals surface area (Å²) in [6.45, 7) is 7.70. The van der Waals surface area contributed by atoms with Crippen LogP contribution in [-0.4, -0.2) is 27.5 Å². The van der Waals surface area contributed by atoms with Gasteiger partial charge in [0.15, 0.2) is 0 Å². The largest absolute Gasteiger partial charge is 0.312 e. The van der Waals surface area contributed by atoms with Crippen LogP contribution in [0.15, 0.2) is 29.2 Å².